The molecular formula is C18H29N3O2. The van der Waals surface area contributed by atoms with Crippen LogP contribution in [0.1, 0.15) is 45.6 Å². The Balaban J connectivity index is 0.00000264. The molecule has 0 saturated carbocycles. The van der Waals surface area contributed by atoms with Crippen molar-refractivity contribution in [2.24, 2.45) is 5.41 Å². The third-order valence-electron chi connectivity index (χ3n) is 3.87. The van der Waals surface area contributed by atoms with Crippen molar-refractivity contribution in [1.29, 1.82) is 0 Å². The number of nitrogens with zero attached hydrogens (tertiary/aromatic N) is 1. The van der Waals surface area contributed by atoms with Gasteiger partial charge in [0, 0.05) is 19.5 Å². The van der Waals surface area contributed by atoms with Gasteiger partial charge in [-0.25, -0.2) is 0 Å². The van der Waals surface area contributed by atoms with Crippen molar-refractivity contribution in [1.82, 2.24) is 16.4 Å². The van der Waals surface area contributed by atoms with Gasteiger partial charge in [-0.2, -0.15) is 0 Å². The molecule has 1 fully saturated rings. The molecule has 0 aliphatic carbocycles. The first-order valence-corrected chi connectivity index (χ1v) is 7.98. The Morgan fingerprint density at radius 1 is 1.22 bits per heavy atom. The molecule has 1 aliphatic heterocycles. The Kier molecular flexibility index (Phi) is 6.76. The standard InChI is InChI=1S/C18H26N2O2.H3N/c1-18(2,3)12-16(21)20-11-7-10-15(20)17(22)19-13-14-8-5-4-6-9-14;/h4-6,8-9,15H,7,10-13H2,1-3H3,(H,19,22);1H3. The summed E-state index contributed by atoms with van der Waals surface area (Å²) in [5.74, 6) is 0.0495. The van der Waals surface area contributed by atoms with Crippen LogP contribution in [0.5, 0.6) is 0 Å². The largest absolute Gasteiger partial charge is 0.350 e. The topological polar surface area (TPSA) is 84.4 Å². The van der Waals surface area contributed by atoms with Crippen molar-refractivity contribution in [3.05, 3.63) is 35.9 Å². The highest BCUT2D eigenvalue weighted by Crippen LogP contribution is 2.24. The molecule has 1 aliphatic rings. The maximum atomic E-state index is 12.4. The molecule has 1 heterocycles. The van der Waals surface area contributed by atoms with E-state index in [2.05, 4.69) is 5.32 Å². The van der Waals surface area contributed by atoms with Crippen molar-refractivity contribution < 1.29 is 9.59 Å². The summed E-state index contributed by atoms with van der Waals surface area (Å²) in [6.45, 7) is 7.35. The quantitative estimate of drug-likeness (QED) is 0.895. The lowest BCUT2D eigenvalue weighted by atomic mass is 9.91. The summed E-state index contributed by atoms with van der Waals surface area (Å²) in [7, 11) is 0. The van der Waals surface area contributed by atoms with Gasteiger partial charge in [-0.3, -0.25) is 9.59 Å². The molecule has 128 valence electrons. The fourth-order valence-electron chi connectivity index (χ4n) is 2.80. The molecule has 1 saturated heterocycles. The van der Waals surface area contributed by atoms with Gasteiger partial charge in [0.05, 0.1) is 0 Å². The molecule has 2 amide bonds. The van der Waals surface area contributed by atoms with E-state index >= 15 is 0 Å². The van der Waals surface area contributed by atoms with Crippen LogP contribution in [-0.4, -0.2) is 29.3 Å². The number of likely N-dealkylation sites (tertiary alicyclic amines) is 1. The highest BCUT2D eigenvalue weighted by molar-refractivity contribution is 5.88. The van der Waals surface area contributed by atoms with E-state index < -0.39 is 0 Å². The molecule has 0 radical (unpaired) electrons. The van der Waals surface area contributed by atoms with Crippen LogP contribution in [0.15, 0.2) is 30.3 Å². The zero-order valence-corrected chi connectivity index (χ0v) is 14.5. The number of hydrogen-bond acceptors (Lipinski definition) is 3. The number of benzene rings is 1. The van der Waals surface area contributed by atoms with Crippen molar-refractivity contribution in [2.45, 2.75) is 52.6 Å². The molecule has 2 rings (SSSR count). The number of carbonyl (C=O) groups excluding carboxylic acids is 2. The summed E-state index contributed by atoms with van der Waals surface area (Å²) >= 11 is 0. The smallest absolute Gasteiger partial charge is 0.243 e. The van der Waals surface area contributed by atoms with E-state index in [0.717, 1.165) is 18.4 Å². The molecule has 0 aromatic heterocycles. The van der Waals surface area contributed by atoms with Gasteiger partial charge >= 0.3 is 0 Å². The Morgan fingerprint density at radius 2 is 1.87 bits per heavy atom. The van der Waals surface area contributed by atoms with Gasteiger partial charge in [-0.1, -0.05) is 51.1 Å². The highest BCUT2D eigenvalue weighted by Gasteiger charge is 2.35. The van der Waals surface area contributed by atoms with E-state index in [1.807, 2.05) is 51.1 Å². The van der Waals surface area contributed by atoms with Crippen LogP contribution in [0.3, 0.4) is 0 Å². The fourth-order valence-corrected chi connectivity index (χ4v) is 2.80. The van der Waals surface area contributed by atoms with E-state index in [9.17, 15) is 9.59 Å². The number of nitrogens with one attached hydrogen (secondary N) is 1. The number of carbonyl (C=O) groups is 2. The minimum atomic E-state index is -0.307. The number of amides is 2. The molecule has 0 spiro atoms. The summed E-state index contributed by atoms with van der Waals surface area (Å²) in [5.41, 5.74) is 1.02. The summed E-state index contributed by atoms with van der Waals surface area (Å²) in [4.78, 5) is 26.5. The van der Waals surface area contributed by atoms with E-state index in [0.29, 0.717) is 19.5 Å². The summed E-state index contributed by atoms with van der Waals surface area (Å²) in [6.07, 6.45) is 2.14. The van der Waals surface area contributed by atoms with Crippen LogP contribution in [-0.2, 0) is 16.1 Å². The molecule has 1 aromatic carbocycles. The van der Waals surface area contributed by atoms with Crippen molar-refractivity contribution in [2.75, 3.05) is 6.54 Å². The molecule has 23 heavy (non-hydrogen) atoms. The molecule has 0 bridgehead atoms. The van der Waals surface area contributed by atoms with Crippen LogP contribution in [0.25, 0.3) is 0 Å². The van der Waals surface area contributed by atoms with Gasteiger partial charge in [0.15, 0.2) is 0 Å². The molecule has 1 atom stereocenters. The van der Waals surface area contributed by atoms with Gasteiger partial charge in [0.1, 0.15) is 6.04 Å². The van der Waals surface area contributed by atoms with Gasteiger partial charge < -0.3 is 16.4 Å². The second-order valence-electron chi connectivity index (χ2n) is 7.19. The van der Waals surface area contributed by atoms with Gasteiger partial charge in [-0.05, 0) is 23.8 Å². The summed E-state index contributed by atoms with van der Waals surface area (Å²) in [6, 6.07) is 9.52. The lowest BCUT2D eigenvalue weighted by Crippen LogP contribution is -2.46. The van der Waals surface area contributed by atoms with Crippen molar-refractivity contribution in [3.8, 4) is 0 Å². The monoisotopic (exact) mass is 319 g/mol. The maximum Gasteiger partial charge on any atom is 0.243 e. The van der Waals surface area contributed by atoms with Gasteiger partial charge in [0.2, 0.25) is 11.8 Å². The third-order valence-corrected chi connectivity index (χ3v) is 3.87. The summed E-state index contributed by atoms with van der Waals surface area (Å²) in [5, 5.41) is 2.96. The molecule has 4 N–H and O–H groups in total. The predicted octanol–water partition coefficient (Wildman–Crippen LogP) is 2.89. The average molecular weight is 319 g/mol. The molecule has 5 heteroatoms. The minimum Gasteiger partial charge on any atom is -0.350 e. The lowest BCUT2D eigenvalue weighted by molar-refractivity contribution is -0.139. The number of hydrogen-bond donors (Lipinski definition) is 2. The Morgan fingerprint density at radius 3 is 2.48 bits per heavy atom. The number of rotatable bonds is 4. The first kappa shape index (κ1) is 19.2. The molecular weight excluding hydrogens is 290 g/mol. The van der Waals surface area contributed by atoms with Gasteiger partial charge in [-0.15, -0.1) is 0 Å². The predicted molar refractivity (Wildman–Crippen MR) is 92.1 cm³/mol. The van der Waals surface area contributed by atoms with Crippen LogP contribution < -0.4 is 11.5 Å². The SMILES string of the molecule is CC(C)(C)CC(=O)N1CCCC1C(=O)NCc1ccccc1.N. The van der Waals surface area contributed by atoms with Gasteiger partial charge in [0.25, 0.3) is 0 Å². The Labute approximate surface area is 139 Å². The first-order chi connectivity index (χ1) is 10.4. The second-order valence-corrected chi connectivity index (χ2v) is 7.19. The van der Waals surface area contributed by atoms with Crippen molar-refractivity contribution in [3.63, 3.8) is 0 Å². The van der Waals surface area contributed by atoms with Crippen LogP contribution in [0, 0.1) is 5.41 Å². The average Bonchev–Trinajstić information content (AvgIpc) is 2.93. The molecule has 1 unspecified atom stereocenters. The Hall–Kier alpha value is -1.88. The van der Waals surface area contributed by atoms with E-state index in [1.54, 1.807) is 4.90 Å². The zero-order valence-electron chi connectivity index (χ0n) is 14.5. The highest BCUT2D eigenvalue weighted by atomic mass is 16.2. The van der Waals surface area contributed by atoms with E-state index in [-0.39, 0.29) is 29.4 Å². The first-order valence-electron chi connectivity index (χ1n) is 7.98. The minimum absolute atomic E-state index is 0. The lowest BCUT2D eigenvalue weighted by Gasteiger charge is -2.27. The Bertz CT molecular complexity index is 523. The van der Waals surface area contributed by atoms with Crippen LogP contribution >= 0.6 is 0 Å². The van der Waals surface area contributed by atoms with E-state index in [4.69, 9.17) is 0 Å². The third kappa shape index (κ3) is 5.67. The molecule has 1 aromatic rings. The fraction of sp³-hybridized carbons (Fsp3) is 0.556. The zero-order chi connectivity index (χ0) is 16.2. The molecule has 5 nitrogen and oxygen atoms in total. The van der Waals surface area contributed by atoms with Crippen LogP contribution in [0.4, 0.5) is 0 Å². The maximum absolute atomic E-state index is 12.4. The second kappa shape index (κ2) is 8.11. The van der Waals surface area contributed by atoms with Crippen molar-refractivity contribution >= 4 is 11.8 Å². The normalized spacial score (nSPS) is 17.5. The summed E-state index contributed by atoms with van der Waals surface area (Å²) < 4.78 is 0. The van der Waals surface area contributed by atoms with Crippen LogP contribution in [0.2, 0.25) is 0 Å². The van der Waals surface area contributed by atoms with E-state index in [1.165, 1.54) is 0 Å².